The van der Waals surface area contributed by atoms with E-state index in [-0.39, 0.29) is 6.61 Å². The molecule has 0 aromatic rings. The Balaban J connectivity index is 3.42. The van der Waals surface area contributed by atoms with Crippen LogP contribution in [0.5, 0.6) is 0 Å². The summed E-state index contributed by atoms with van der Waals surface area (Å²) in [7, 11) is -3.72. The summed E-state index contributed by atoms with van der Waals surface area (Å²) in [6, 6.07) is 0. The third-order valence-corrected chi connectivity index (χ3v) is 2.07. The minimum absolute atomic E-state index is 0.267. The normalized spacial score (nSPS) is 12.0. The first-order valence-electron chi connectivity index (χ1n) is 3.35. The summed E-state index contributed by atoms with van der Waals surface area (Å²) >= 11 is 0. The van der Waals surface area contributed by atoms with Crippen molar-refractivity contribution in [2.24, 2.45) is 0 Å². The number of hydrogen-bond acceptors (Lipinski definition) is 4. The summed E-state index contributed by atoms with van der Waals surface area (Å²) in [5.74, 6) is 0. The van der Waals surface area contributed by atoms with Crippen LogP contribution in [0.3, 0.4) is 0 Å². The van der Waals surface area contributed by atoms with E-state index < -0.39 is 9.05 Å². The Morgan fingerprint density at radius 2 is 1.80 bits per heavy atom. The van der Waals surface area contributed by atoms with E-state index in [9.17, 15) is 0 Å². The first-order chi connectivity index (χ1) is 4.62. The lowest BCUT2D eigenvalue weighted by atomic mass is 10.5. The van der Waals surface area contributed by atoms with Gasteiger partial charge in [0.2, 0.25) is 0 Å². The van der Waals surface area contributed by atoms with Crippen LogP contribution in [-0.4, -0.2) is 31.9 Å². The van der Waals surface area contributed by atoms with Crippen molar-refractivity contribution < 1.29 is 18.4 Å². The third kappa shape index (κ3) is 4.89. The van der Waals surface area contributed by atoms with Gasteiger partial charge < -0.3 is 18.4 Å². The summed E-state index contributed by atoms with van der Waals surface area (Å²) in [5.41, 5.74) is 0. The highest BCUT2D eigenvalue weighted by Gasteiger charge is 2.35. The summed E-state index contributed by atoms with van der Waals surface area (Å²) in [6.45, 7) is 4.17. The molecule has 2 N–H and O–H groups in total. The van der Waals surface area contributed by atoms with Gasteiger partial charge in [-0.15, -0.1) is 0 Å². The molecule has 0 spiro atoms. The van der Waals surface area contributed by atoms with Gasteiger partial charge in [0.25, 0.3) is 0 Å². The average molecular weight is 166 g/mol. The first-order valence-corrected chi connectivity index (χ1v) is 5.06. The standard InChI is InChI=1S/C5H14O4Si/c1-3-5-9-10(6,7)8-4-2/h6-7H,3-5H2,1-2H3. The fraction of sp³-hybridized carbons (Fsp3) is 1.00. The second-order valence-electron chi connectivity index (χ2n) is 1.83. The van der Waals surface area contributed by atoms with Crippen molar-refractivity contribution in [2.75, 3.05) is 13.2 Å². The molecule has 0 amide bonds. The maximum Gasteiger partial charge on any atom is 0.674 e. The molecule has 62 valence electrons. The lowest BCUT2D eigenvalue weighted by Gasteiger charge is -2.14. The maximum absolute atomic E-state index is 8.90. The fourth-order valence-corrected chi connectivity index (χ4v) is 1.39. The Hall–Kier alpha value is 0.0569. The quantitative estimate of drug-likeness (QED) is 0.559. The van der Waals surface area contributed by atoms with Crippen molar-refractivity contribution >= 4 is 9.05 Å². The minimum Gasteiger partial charge on any atom is -0.367 e. The zero-order valence-corrected chi connectivity index (χ0v) is 7.33. The van der Waals surface area contributed by atoms with Gasteiger partial charge in [-0.05, 0) is 13.3 Å². The molecule has 10 heavy (non-hydrogen) atoms. The highest BCUT2D eigenvalue weighted by atomic mass is 28.4. The molecule has 0 unspecified atom stereocenters. The fourth-order valence-electron chi connectivity index (χ4n) is 0.465. The second kappa shape index (κ2) is 4.81. The van der Waals surface area contributed by atoms with Crippen LogP contribution in [0.4, 0.5) is 0 Å². The van der Waals surface area contributed by atoms with E-state index in [4.69, 9.17) is 9.59 Å². The molecule has 0 aliphatic heterocycles. The van der Waals surface area contributed by atoms with Crippen LogP contribution in [0.15, 0.2) is 0 Å². The van der Waals surface area contributed by atoms with E-state index in [1.54, 1.807) is 6.92 Å². The molecule has 0 aromatic heterocycles. The first kappa shape index (κ1) is 10.1. The predicted molar refractivity (Wildman–Crippen MR) is 38.1 cm³/mol. The molecule has 0 aromatic carbocycles. The van der Waals surface area contributed by atoms with Gasteiger partial charge in [0.05, 0.1) is 0 Å². The lowest BCUT2D eigenvalue weighted by Crippen LogP contribution is -2.43. The van der Waals surface area contributed by atoms with Gasteiger partial charge in [0, 0.05) is 13.2 Å². The maximum atomic E-state index is 8.90. The summed E-state index contributed by atoms with van der Waals surface area (Å²) < 4.78 is 9.21. The van der Waals surface area contributed by atoms with E-state index >= 15 is 0 Å². The van der Waals surface area contributed by atoms with E-state index in [1.165, 1.54) is 0 Å². The van der Waals surface area contributed by atoms with Crippen LogP contribution < -0.4 is 0 Å². The minimum atomic E-state index is -3.72. The monoisotopic (exact) mass is 166 g/mol. The van der Waals surface area contributed by atoms with Gasteiger partial charge in [-0.1, -0.05) is 6.92 Å². The highest BCUT2D eigenvalue weighted by molar-refractivity contribution is 6.50. The Morgan fingerprint density at radius 3 is 2.20 bits per heavy atom. The van der Waals surface area contributed by atoms with E-state index in [0.29, 0.717) is 6.61 Å². The highest BCUT2D eigenvalue weighted by Crippen LogP contribution is 1.97. The Morgan fingerprint density at radius 1 is 1.20 bits per heavy atom. The van der Waals surface area contributed by atoms with Crippen LogP contribution in [0, 0.1) is 0 Å². The topological polar surface area (TPSA) is 58.9 Å². The smallest absolute Gasteiger partial charge is 0.367 e. The summed E-state index contributed by atoms with van der Waals surface area (Å²) in [6.07, 6.45) is 0.753. The number of rotatable bonds is 5. The molecule has 0 aliphatic rings. The molecule has 0 heterocycles. The largest absolute Gasteiger partial charge is 0.674 e. The SMILES string of the molecule is CCCO[Si](O)(O)OCC. The van der Waals surface area contributed by atoms with Crippen molar-refractivity contribution in [2.45, 2.75) is 20.3 Å². The van der Waals surface area contributed by atoms with Gasteiger partial charge in [-0.3, -0.25) is 0 Å². The Bertz CT molecular complexity index is 85.7. The molecule has 0 radical (unpaired) electrons. The zero-order chi connectivity index (χ0) is 8.04. The summed E-state index contributed by atoms with van der Waals surface area (Å²) in [4.78, 5) is 17.8. The molecule has 0 atom stereocenters. The molecule has 0 fully saturated rings. The molecule has 0 saturated heterocycles. The van der Waals surface area contributed by atoms with Gasteiger partial charge in [-0.25, -0.2) is 0 Å². The van der Waals surface area contributed by atoms with Crippen molar-refractivity contribution in [3.63, 3.8) is 0 Å². The van der Waals surface area contributed by atoms with E-state index in [0.717, 1.165) is 6.42 Å². The molecule has 0 rings (SSSR count). The van der Waals surface area contributed by atoms with Crippen molar-refractivity contribution in [3.8, 4) is 0 Å². The van der Waals surface area contributed by atoms with Gasteiger partial charge in [0.1, 0.15) is 0 Å². The van der Waals surface area contributed by atoms with Crippen LogP contribution in [0.25, 0.3) is 0 Å². The van der Waals surface area contributed by atoms with Crippen LogP contribution in [0.2, 0.25) is 0 Å². The predicted octanol–water partition coefficient (Wildman–Crippen LogP) is -0.130. The van der Waals surface area contributed by atoms with Gasteiger partial charge in [-0.2, -0.15) is 0 Å². The number of hydrogen-bond donors (Lipinski definition) is 2. The van der Waals surface area contributed by atoms with Gasteiger partial charge in [0.15, 0.2) is 0 Å². The molecule has 0 bridgehead atoms. The molecule has 0 aliphatic carbocycles. The van der Waals surface area contributed by atoms with Crippen molar-refractivity contribution in [1.82, 2.24) is 0 Å². The molecule has 4 nitrogen and oxygen atoms in total. The molecule has 0 saturated carbocycles. The Kier molecular flexibility index (Phi) is 4.84. The molecular formula is C5H14O4Si. The average Bonchev–Trinajstić information content (AvgIpc) is 1.84. The Labute approximate surface area is 61.9 Å². The molecular weight excluding hydrogens is 152 g/mol. The van der Waals surface area contributed by atoms with Gasteiger partial charge >= 0.3 is 9.05 Å². The lowest BCUT2D eigenvalue weighted by molar-refractivity contribution is 0.0280. The van der Waals surface area contributed by atoms with Crippen molar-refractivity contribution in [1.29, 1.82) is 0 Å². The van der Waals surface area contributed by atoms with Crippen molar-refractivity contribution in [3.05, 3.63) is 0 Å². The second-order valence-corrected chi connectivity index (χ2v) is 3.50. The van der Waals surface area contributed by atoms with E-state index in [1.807, 2.05) is 6.92 Å². The van der Waals surface area contributed by atoms with Crippen LogP contribution >= 0.6 is 0 Å². The van der Waals surface area contributed by atoms with Crippen LogP contribution in [-0.2, 0) is 8.85 Å². The van der Waals surface area contributed by atoms with E-state index in [2.05, 4.69) is 8.85 Å². The van der Waals surface area contributed by atoms with Crippen LogP contribution in [0.1, 0.15) is 20.3 Å². The molecule has 5 heteroatoms. The summed E-state index contributed by atoms with van der Waals surface area (Å²) in [5, 5.41) is 0. The zero-order valence-electron chi connectivity index (χ0n) is 6.33. The third-order valence-electron chi connectivity index (χ3n) is 0.827.